The predicted molar refractivity (Wildman–Crippen MR) is 86.4 cm³/mol. The van der Waals surface area contributed by atoms with Crippen molar-refractivity contribution in [2.75, 3.05) is 18.4 Å². The highest BCUT2D eigenvalue weighted by molar-refractivity contribution is 7.15. The Balaban J connectivity index is 1.89. The van der Waals surface area contributed by atoms with Crippen LogP contribution in [0.15, 0.2) is 0 Å². The standard InChI is InChI=1S/C15H26N4OS/c1-3-5-12-6-7-14(20)19(10-8-12)11-13-17-18-15(21-13)16-9-4-2/h12H,3-11H2,1-2H3,(H,16,18). The number of carbonyl (C=O) groups excluding carboxylic acids is 1. The van der Waals surface area contributed by atoms with Crippen LogP contribution in [0.3, 0.4) is 0 Å². The van der Waals surface area contributed by atoms with Crippen molar-refractivity contribution in [2.24, 2.45) is 5.92 Å². The Morgan fingerprint density at radius 2 is 2.14 bits per heavy atom. The molecule has 5 nitrogen and oxygen atoms in total. The van der Waals surface area contributed by atoms with Gasteiger partial charge in [0.1, 0.15) is 5.01 Å². The summed E-state index contributed by atoms with van der Waals surface area (Å²) >= 11 is 1.56. The molecule has 1 unspecified atom stereocenters. The first-order chi connectivity index (χ1) is 10.2. The summed E-state index contributed by atoms with van der Waals surface area (Å²) in [5, 5.41) is 13.4. The largest absolute Gasteiger partial charge is 0.360 e. The van der Waals surface area contributed by atoms with E-state index in [4.69, 9.17) is 0 Å². The molecule has 118 valence electrons. The fourth-order valence-electron chi connectivity index (χ4n) is 2.74. The van der Waals surface area contributed by atoms with E-state index in [1.54, 1.807) is 11.3 Å². The van der Waals surface area contributed by atoms with Gasteiger partial charge in [0.05, 0.1) is 6.54 Å². The number of hydrogen-bond donors (Lipinski definition) is 1. The third-order valence-corrected chi connectivity index (χ3v) is 4.81. The van der Waals surface area contributed by atoms with E-state index in [0.29, 0.717) is 18.9 Å². The van der Waals surface area contributed by atoms with E-state index in [0.717, 1.165) is 42.5 Å². The zero-order chi connectivity index (χ0) is 15.1. The molecule has 0 aromatic carbocycles. The average Bonchev–Trinajstić information content (AvgIpc) is 2.86. The van der Waals surface area contributed by atoms with Crippen LogP contribution >= 0.6 is 11.3 Å². The first-order valence-electron chi connectivity index (χ1n) is 8.07. The maximum Gasteiger partial charge on any atom is 0.222 e. The van der Waals surface area contributed by atoms with Gasteiger partial charge in [-0.2, -0.15) is 0 Å². The molecule has 1 fully saturated rings. The van der Waals surface area contributed by atoms with Gasteiger partial charge in [0.2, 0.25) is 11.0 Å². The van der Waals surface area contributed by atoms with Crippen LogP contribution < -0.4 is 5.32 Å². The molecule has 2 rings (SSSR count). The smallest absolute Gasteiger partial charge is 0.222 e. The summed E-state index contributed by atoms with van der Waals surface area (Å²) in [5.74, 6) is 0.979. The Bertz CT molecular complexity index is 449. The molecule has 1 amide bonds. The molecular formula is C15H26N4OS. The molecule has 1 aromatic rings. The molecule has 21 heavy (non-hydrogen) atoms. The van der Waals surface area contributed by atoms with Crippen LogP contribution in [0.5, 0.6) is 0 Å². The molecule has 2 heterocycles. The molecule has 1 aromatic heterocycles. The van der Waals surface area contributed by atoms with E-state index in [-0.39, 0.29) is 5.91 Å². The predicted octanol–water partition coefficient (Wildman–Crippen LogP) is 3.29. The van der Waals surface area contributed by atoms with E-state index >= 15 is 0 Å². The van der Waals surface area contributed by atoms with Gasteiger partial charge in [-0.3, -0.25) is 4.79 Å². The van der Waals surface area contributed by atoms with Gasteiger partial charge in [0.15, 0.2) is 0 Å². The first-order valence-corrected chi connectivity index (χ1v) is 8.88. The lowest BCUT2D eigenvalue weighted by molar-refractivity contribution is -0.131. The Morgan fingerprint density at radius 1 is 1.29 bits per heavy atom. The number of carbonyl (C=O) groups is 1. The van der Waals surface area contributed by atoms with Gasteiger partial charge in [0, 0.05) is 19.5 Å². The summed E-state index contributed by atoms with van der Waals surface area (Å²) in [4.78, 5) is 14.2. The normalized spacial score (nSPS) is 19.6. The first kappa shape index (κ1) is 16.2. The van der Waals surface area contributed by atoms with E-state index < -0.39 is 0 Å². The Morgan fingerprint density at radius 3 is 2.90 bits per heavy atom. The van der Waals surface area contributed by atoms with Crippen molar-refractivity contribution >= 4 is 22.4 Å². The minimum Gasteiger partial charge on any atom is -0.360 e. The molecule has 0 saturated carbocycles. The SMILES string of the molecule is CCCNc1nnc(CN2CCC(CCC)CCC2=O)s1. The van der Waals surface area contributed by atoms with Crippen molar-refractivity contribution in [1.29, 1.82) is 0 Å². The van der Waals surface area contributed by atoms with E-state index in [2.05, 4.69) is 29.4 Å². The summed E-state index contributed by atoms with van der Waals surface area (Å²) in [6.07, 6.45) is 6.37. The summed E-state index contributed by atoms with van der Waals surface area (Å²) in [7, 11) is 0. The van der Waals surface area contributed by atoms with Crippen molar-refractivity contribution in [1.82, 2.24) is 15.1 Å². The summed E-state index contributed by atoms with van der Waals surface area (Å²) in [5.41, 5.74) is 0. The van der Waals surface area contributed by atoms with Gasteiger partial charge < -0.3 is 10.2 Å². The van der Waals surface area contributed by atoms with Crippen LogP contribution in [0.25, 0.3) is 0 Å². The zero-order valence-corrected chi connectivity index (χ0v) is 13.9. The van der Waals surface area contributed by atoms with Gasteiger partial charge in [0.25, 0.3) is 0 Å². The van der Waals surface area contributed by atoms with Gasteiger partial charge in [-0.25, -0.2) is 0 Å². The quantitative estimate of drug-likeness (QED) is 0.839. The fourth-order valence-corrected chi connectivity index (χ4v) is 3.52. The highest BCUT2D eigenvalue weighted by Crippen LogP contribution is 2.24. The van der Waals surface area contributed by atoms with Crippen LogP contribution in [-0.4, -0.2) is 34.1 Å². The molecule has 6 heteroatoms. The van der Waals surface area contributed by atoms with Crippen LogP contribution in [0.2, 0.25) is 0 Å². The molecular weight excluding hydrogens is 284 g/mol. The summed E-state index contributed by atoms with van der Waals surface area (Å²) < 4.78 is 0. The lowest BCUT2D eigenvalue weighted by Crippen LogP contribution is -2.29. The van der Waals surface area contributed by atoms with Crippen LogP contribution in [-0.2, 0) is 11.3 Å². The monoisotopic (exact) mass is 310 g/mol. The number of hydrogen-bond acceptors (Lipinski definition) is 5. The fraction of sp³-hybridized carbons (Fsp3) is 0.800. The second kappa shape index (κ2) is 8.32. The molecule has 1 N–H and O–H groups in total. The van der Waals surface area contributed by atoms with Gasteiger partial charge in [-0.15, -0.1) is 10.2 Å². The van der Waals surface area contributed by atoms with Gasteiger partial charge in [-0.1, -0.05) is 38.0 Å². The molecule has 1 aliphatic rings. The van der Waals surface area contributed by atoms with Gasteiger partial charge >= 0.3 is 0 Å². The number of rotatable bonds is 7. The van der Waals surface area contributed by atoms with Crippen LogP contribution in [0, 0.1) is 5.92 Å². The highest BCUT2D eigenvalue weighted by atomic mass is 32.1. The minimum absolute atomic E-state index is 0.270. The molecule has 0 bridgehead atoms. The van der Waals surface area contributed by atoms with Crippen molar-refractivity contribution in [3.8, 4) is 0 Å². The molecule has 1 saturated heterocycles. The van der Waals surface area contributed by atoms with Crippen molar-refractivity contribution < 1.29 is 4.79 Å². The highest BCUT2D eigenvalue weighted by Gasteiger charge is 2.23. The second-order valence-electron chi connectivity index (χ2n) is 5.73. The molecule has 0 radical (unpaired) electrons. The molecule has 0 aliphatic carbocycles. The Hall–Kier alpha value is -1.17. The van der Waals surface area contributed by atoms with E-state index in [9.17, 15) is 4.79 Å². The average molecular weight is 310 g/mol. The number of amides is 1. The summed E-state index contributed by atoms with van der Waals surface area (Å²) in [6.45, 7) is 6.73. The van der Waals surface area contributed by atoms with Crippen LogP contribution in [0.1, 0.15) is 57.4 Å². The summed E-state index contributed by atoms with van der Waals surface area (Å²) in [6, 6.07) is 0. The van der Waals surface area contributed by atoms with Crippen molar-refractivity contribution in [3.63, 3.8) is 0 Å². The maximum absolute atomic E-state index is 12.2. The van der Waals surface area contributed by atoms with Crippen molar-refractivity contribution in [2.45, 2.75) is 58.9 Å². The molecule has 1 atom stereocenters. The number of nitrogens with one attached hydrogen (secondary N) is 1. The minimum atomic E-state index is 0.270. The molecule has 0 spiro atoms. The Labute approximate surface area is 131 Å². The topological polar surface area (TPSA) is 58.1 Å². The maximum atomic E-state index is 12.2. The lowest BCUT2D eigenvalue weighted by atomic mass is 9.96. The third-order valence-electron chi connectivity index (χ3n) is 3.94. The number of anilines is 1. The zero-order valence-electron chi connectivity index (χ0n) is 13.1. The lowest BCUT2D eigenvalue weighted by Gasteiger charge is -2.19. The van der Waals surface area contributed by atoms with E-state index in [1.165, 1.54) is 12.8 Å². The van der Waals surface area contributed by atoms with E-state index in [1.807, 2.05) is 4.90 Å². The van der Waals surface area contributed by atoms with Gasteiger partial charge in [-0.05, 0) is 25.2 Å². The third kappa shape index (κ3) is 4.95. The second-order valence-corrected chi connectivity index (χ2v) is 6.79. The number of aromatic nitrogens is 2. The Kier molecular flexibility index (Phi) is 6.42. The number of likely N-dealkylation sites (tertiary alicyclic amines) is 1. The molecule has 1 aliphatic heterocycles. The van der Waals surface area contributed by atoms with Crippen LogP contribution in [0.4, 0.5) is 5.13 Å². The number of nitrogens with zero attached hydrogens (tertiary/aromatic N) is 3. The van der Waals surface area contributed by atoms with Crippen molar-refractivity contribution in [3.05, 3.63) is 5.01 Å².